The Labute approximate surface area is 130 Å². The fraction of sp³-hybridized carbons (Fsp3) is 0.286. The van der Waals surface area contributed by atoms with Gasteiger partial charge in [-0.2, -0.15) is 0 Å². The first kappa shape index (κ1) is 14.9. The third-order valence-electron chi connectivity index (χ3n) is 2.87. The molecule has 5 heteroatoms. The number of hydrogen-bond acceptors (Lipinski definition) is 3. The molecular weight excluding hydrogens is 346 g/mol. The third kappa shape index (κ3) is 3.96. The van der Waals surface area contributed by atoms with E-state index in [2.05, 4.69) is 34.2 Å². The summed E-state index contributed by atoms with van der Waals surface area (Å²) < 4.78 is 7.02. The van der Waals surface area contributed by atoms with E-state index in [1.807, 2.05) is 31.3 Å². The molecule has 1 aromatic heterocycles. The molecule has 2 nitrogen and oxygen atoms in total. The van der Waals surface area contributed by atoms with Crippen molar-refractivity contribution in [1.82, 2.24) is 5.32 Å². The smallest absolute Gasteiger partial charge is 0.124 e. The maximum atomic E-state index is 6.05. The number of nitrogens with one attached hydrogen (secondary N) is 1. The summed E-state index contributed by atoms with van der Waals surface area (Å²) >= 11 is 11.2. The lowest BCUT2D eigenvalue weighted by Gasteiger charge is -2.16. The Morgan fingerprint density at radius 2 is 2.16 bits per heavy atom. The van der Waals surface area contributed by atoms with Gasteiger partial charge in [0.2, 0.25) is 0 Å². The second kappa shape index (κ2) is 6.75. The molecule has 0 saturated heterocycles. The Bertz CT molecular complexity index is 558. The Morgan fingerprint density at radius 1 is 1.37 bits per heavy atom. The molecule has 1 aromatic carbocycles. The SMILES string of the molecule is CNC(C)c1cc(Cl)ccc1OCc1ccc(Br)s1. The van der Waals surface area contributed by atoms with Gasteiger partial charge in [-0.05, 0) is 60.2 Å². The van der Waals surface area contributed by atoms with Crippen molar-refractivity contribution in [2.45, 2.75) is 19.6 Å². The van der Waals surface area contributed by atoms with Gasteiger partial charge in [0.1, 0.15) is 12.4 Å². The predicted molar refractivity (Wildman–Crippen MR) is 85.3 cm³/mol. The third-order valence-corrected chi connectivity index (χ3v) is 4.70. The van der Waals surface area contributed by atoms with Gasteiger partial charge >= 0.3 is 0 Å². The highest BCUT2D eigenvalue weighted by molar-refractivity contribution is 9.11. The van der Waals surface area contributed by atoms with Crippen molar-refractivity contribution in [3.8, 4) is 5.75 Å². The first-order valence-corrected chi connectivity index (χ1v) is 7.92. The Hall–Kier alpha value is -0.550. The van der Waals surface area contributed by atoms with Gasteiger partial charge in [0, 0.05) is 21.5 Å². The van der Waals surface area contributed by atoms with Gasteiger partial charge in [0.25, 0.3) is 0 Å². The van der Waals surface area contributed by atoms with E-state index >= 15 is 0 Å². The summed E-state index contributed by atoms with van der Waals surface area (Å²) in [6, 6.07) is 10.0. The van der Waals surface area contributed by atoms with Gasteiger partial charge in [-0.25, -0.2) is 0 Å². The maximum absolute atomic E-state index is 6.05. The monoisotopic (exact) mass is 359 g/mol. The van der Waals surface area contributed by atoms with Crippen molar-refractivity contribution in [2.24, 2.45) is 0 Å². The van der Waals surface area contributed by atoms with Gasteiger partial charge in [0.05, 0.1) is 3.79 Å². The number of benzene rings is 1. The topological polar surface area (TPSA) is 21.3 Å². The van der Waals surface area contributed by atoms with Crippen LogP contribution in [0.25, 0.3) is 0 Å². The highest BCUT2D eigenvalue weighted by atomic mass is 79.9. The van der Waals surface area contributed by atoms with E-state index in [0.29, 0.717) is 6.61 Å². The zero-order chi connectivity index (χ0) is 13.8. The molecular formula is C14H15BrClNOS. The van der Waals surface area contributed by atoms with Crippen LogP contribution in [0.4, 0.5) is 0 Å². The molecule has 2 aromatic rings. The molecule has 102 valence electrons. The Morgan fingerprint density at radius 3 is 2.79 bits per heavy atom. The number of hydrogen-bond donors (Lipinski definition) is 1. The lowest BCUT2D eigenvalue weighted by atomic mass is 10.1. The van der Waals surface area contributed by atoms with Crippen LogP contribution in [0, 0.1) is 0 Å². The second-order valence-corrected chi connectivity index (χ2v) is 7.17. The Kier molecular flexibility index (Phi) is 5.28. The van der Waals surface area contributed by atoms with Gasteiger partial charge in [-0.15, -0.1) is 11.3 Å². The first-order chi connectivity index (χ1) is 9.10. The predicted octanol–water partition coefficient (Wildman–Crippen LogP) is 5.02. The molecule has 0 radical (unpaired) electrons. The van der Waals surface area contributed by atoms with Gasteiger partial charge in [-0.3, -0.25) is 0 Å². The van der Waals surface area contributed by atoms with E-state index in [-0.39, 0.29) is 6.04 Å². The van der Waals surface area contributed by atoms with Crippen LogP contribution < -0.4 is 10.1 Å². The van der Waals surface area contributed by atoms with E-state index in [4.69, 9.17) is 16.3 Å². The van der Waals surface area contributed by atoms with Gasteiger partial charge in [0.15, 0.2) is 0 Å². The van der Waals surface area contributed by atoms with Crippen LogP contribution in [0.1, 0.15) is 23.4 Å². The molecule has 1 unspecified atom stereocenters. The summed E-state index contributed by atoms with van der Waals surface area (Å²) in [6.45, 7) is 2.65. The fourth-order valence-electron chi connectivity index (χ4n) is 1.72. The van der Waals surface area contributed by atoms with Crippen molar-refractivity contribution < 1.29 is 4.74 Å². The highest BCUT2D eigenvalue weighted by Crippen LogP contribution is 2.30. The van der Waals surface area contributed by atoms with Gasteiger partial charge in [-0.1, -0.05) is 11.6 Å². The van der Waals surface area contributed by atoms with Crippen LogP contribution in [-0.4, -0.2) is 7.05 Å². The minimum Gasteiger partial charge on any atom is -0.488 e. The molecule has 0 fully saturated rings. The van der Waals surface area contributed by atoms with Crippen LogP contribution in [0.3, 0.4) is 0 Å². The van der Waals surface area contributed by atoms with E-state index in [1.165, 1.54) is 4.88 Å². The molecule has 0 bridgehead atoms. The summed E-state index contributed by atoms with van der Waals surface area (Å²) in [6.07, 6.45) is 0. The standard InChI is InChI=1S/C14H15BrClNOS/c1-9(17-2)12-7-10(16)3-5-13(12)18-8-11-4-6-14(15)19-11/h3-7,9,17H,8H2,1-2H3. The largest absolute Gasteiger partial charge is 0.488 e. The molecule has 0 spiro atoms. The highest BCUT2D eigenvalue weighted by Gasteiger charge is 2.11. The van der Waals surface area contributed by atoms with Crippen LogP contribution in [0.2, 0.25) is 5.02 Å². The van der Waals surface area contributed by atoms with E-state index in [1.54, 1.807) is 11.3 Å². The second-order valence-electron chi connectivity index (χ2n) is 4.19. The maximum Gasteiger partial charge on any atom is 0.124 e. The molecule has 0 aliphatic rings. The lowest BCUT2D eigenvalue weighted by Crippen LogP contribution is -2.13. The number of rotatable bonds is 5. The quantitative estimate of drug-likeness (QED) is 0.808. The van der Waals surface area contributed by atoms with Crippen LogP contribution in [-0.2, 0) is 6.61 Å². The normalized spacial score (nSPS) is 12.4. The number of ether oxygens (including phenoxy) is 1. The van der Waals surface area contributed by atoms with Gasteiger partial charge < -0.3 is 10.1 Å². The molecule has 0 amide bonds. The Balaban J connectivity index is 2.15. The fourth-order valence-corrected chi connectivity index (χ4v) is 3.30. The molecule has 19 heavy (non-hydrogen) atoms. The lowest BCUT2D eigenvalue weighted by molar-refractivity contribution is 0.304. The van der Waals surface area contributed by atoms with E-state index in [0.717, 1.165) is 20.1 Å². The zero-order valence-electron chi connectivity index (χ0n) is 10.7. The van der Waals surface area contributed by atoms with Crippen molar-refractivity contribution in [1.29, 1.82) is 0 Å². The summed E-state index contributed by atoms with van der Waals surface area (Å²) in [5, 5.41) is 3.93. The number of halogens is 2. The molecule has 1 heterocycles. The van der Waals surface area contributed by atoms with Crippen LogP contribution >= 0.6 is 38.9 Å². The zero-order valence-corrected chi connectivity index (χ0v) is 13.9. The molecule has 2 rings (SSSR count). The summed E-state index contributed by atoms with van der Waals surface area (Å²) in [5.41, 5.74) is 1.07. The van der Waals surface area contributed by atoms with Crippen LogP contribution in [0.5, 0.6) is 5.75 Å². The summed E-state index contributed by atoms with van der Waals surface area (Å²) in [5.74, 6) is 0.871. The summed E-state index contributed by atoms with van der Waals surface area (Å²) in [7, 11) is 1.92. The van der Waals surface area contributed by atoms with Crippen LogP contribution in [0.15, 0.2) is 34.1 Å². The average molecular weight is 361 g/mol. The molecule has 1 atom stereocenters. The van der Waals surface area contributed by atoms with Crippen molar-refractivity contribution in [3.05, 3.63) is 49.6 Å². The van der Waals surface area contributed by atoms with Crippen molar-refractivity contribution in [2.75, 3.05) is 7.05 Å². The molecule has 0 aliphatic carbocycles. The number of thiophene rings is 1. The van der Waals surface area contributed by atoms with E-state index < -0.39 is 0 Å². The minimum absolute atomic E-state index is 0.198. The first-order valence-electron chi connectivity index (χ1n) is 5.94. The molecule has 0 saturated carbocycles. The average Bonchev–Trinajstić information content (AvgIpc) is 2.82. The molecule has 0 aliphatic heterocycles. The summed E-state index contributed by atoms with van der Waals surface area (Å²) in [4.78, 5) is 1.19. The van der Waals surface area contributed by atoms with Crippen molar-refractivity contribution >= 4 is 38.9 Å². The minimum atomic E-state index is 0.198. The van der Waals surface area contributed by atoms with Crippen molar-refractivity contribution in [3.63, 3.8) is 0 Å². The molecule has 1 N–H and O–H groups in total. The van der Waals surface area contributed by atoms with E-state index in [9.17, 15) is 0 Å².